The maximum Gasteiger partial charge on any atom is 0.239 e. The number of benzene rings is 1. The Morgan fingerprint density at radius 1 is 1.00 bits per heavy atom. The zero-order valence-electron chi connectivity index (χ0n) is 17.4. The van der Waals surface area contributed by atoms with E-state index in [1.165, 1.54) is 24.8 Å². The summed E-state index contributed by atoms with van der Waals surface area (Å²) in [5, 5.41) is 3.20. The van der Waals surface area contributed by atoms with Crippen molar-refractivity contribution in [3.8, 4) is 0 Å². The molecule has 1 aliphatic carbocycles. The zero-order chi connectivity index (χ0) is 20.2. The Morgan fingerprint density at radius 3 is 2.52 bits per heavy atom. The summed E-state index contributed by atoms with van der Waals surface area (Å²) in [5.41, 5.74) is 9.20. The number of nitrogens with two attached hydrogens (primary N) is 1. The van der Waals surface area contributed by atoms with Crippen molar-refractivity contribution in [1.29, 1.82) is 0 Å². The quantitative estimate of drug-likeness (QED) is 0.765. The molecule has 6 heteroatoms. The SMILES string of the molecule is Nc1cccc2c1CCCN2CC(=O)NC1CCN(C(=O)C2CCCCC2)CC1. The van der Waals surface area contributed by atoms with E-state index in [1.54, 1.807) is 0 Å². The fourth-order valence-electron chi connectivity index (χ4n) is 5.19. The molecule has 3 aliphatic rings. The molecule has 1 aromatic carbocycles. The number of hydrogen-bond acceptors (Lipinski definition) is 4. The van der Waals surface area contributed by atoms with Gasteiger partial charge in [-0.15, -0.1) is 0 Å². The average molecular weight is 399 g/mol. The van der Waals surface area contributed by atoms with Crippen molar-refractivity contribution in [2.45, 2.75) is 63.8 Å². The van der Waals surface area contributed by atoms with Crippen LogP contribution in [0, 0.1) is 5.92 Å². The molecule has 158 valence electrons. The number of nitrogen functional groups attached to an aromatic ring is 1. The van der Waals surface area contributed by atoms with Crippen LogP contribution in [0.5, 0.6) is 0 Å². The molecular formula is C23H34N4O2. The van der Waals surface area contributed by atoms with Crippen LogP contribution in [0.4, 0.5) is 11.4 Å². The molecule has 2 amide bonds. The lowest BCUT2D eigenvalue weighted by molar-refractivity contribution is -0.137. The van der Waals surface area contributed by atoms with Gasteiger partial charge in [-0.25, -0.2) is 0 Å². The van der Waals surface area contributed by atoms with E-state index in [0.29, 0.717) is 12.5 Å². The van der Waals surface area contributed by atoms with E-state index in [1.807, 2.05) is 17.0 Å². The van der Waals surface area contributed by atoms with E-state index < -0.39 is 0 Å². The van der Waals surface area contributed by atoms with Crippen molar-refractivity contribution in [2.75, 3.05) is 36.8 Å². The number of rotatable bonds is 4. The summed E-state index contributed by atoms with van der Waals surface area (Å²) in [6.07, 6.45) is 9.47. The molecule has 3 N–H and O–H groups in total. The molecular weight excluding hydrogens is 364 g/mol. The number of carbonyl (C=O) groups excluding carboxylic acids is 2. The molecule has 29 heavy (non-hydrogen) atoms. The molecule has 2 heterocycles. The van der Waals surface area contributed by atoms with Crippen molar-refractivity contribution < 1.29 is 9.59 Å². The van der Waals surface area contributed by atoms with Gasteiger partial charge in [0.1, 0.15) is 0 Å². The third kappa shape index (κ3) is 4.68. The van der Waals surface area contributed by atoms with Gasteiger partial charge in [0, 0.05) is 43.0 Å². The van der Waals surface area contributed by atoms with E-state index >= 15 is 0 Å². The molecule has 0 aromatic heterocycles. The Labute approximate surface area is 173 Å². The minimum Gasteiger partial charge on any atom is -0.398 e. The van der Waals surface area contributed by atoms with Gasteiger partial charge < -0.3 is 20.9 Å². The number of fused-ring (bicyclic) bond motifs is 1. The number of hydrogen-bond donors (Lipinski definition) is 2. The zero-order valence-corrected chi connectivity index (χ0v) is 17.4. The average Bonchev–Trinajstić information content (AvgIpc) is 2.75. The van der Waals surface area contributed by atoms with Gasteiger partial charge in [0.2, 0.25) is 11.8 Å². The number of piperidine rings is 1. The summed E-state index contributed by atoms with van der Waals surface area (Å²) < 4.78 is 0. The van der Waals surface area contributed by atoms with Crippen molar-refractivity contribution >= 4 is 23.2 Å². The third-order valence-corrected chi connectivity index (χ3v) is 6.84. The lowest BCUT2D eigenvalue weighted by atomic mass is 9.87. The van der Waals surface area contributed by atoms with Crippen LogP contribution in [-0.4, -0.2) is 48.9 Å². The predicted molar refractivity (Wildman–Crippen MR) is 116 cm³/mol. The van der Waals surface area contributed by atoms with Crippen LogP contribution in [0.25, 0.3) is 0 Å². The lowest BCUT2D eigenvalue weighted by Crippen LogP contribution is -2.50. The highest BCUT2D eigenvalue weighted by Gasteiger charge is 2.30. The Balaban J connectivity index is 1.26. The molecule has 4 rings (SSSR count). The normalized spacial score (nSPS) is 21.0. The predicted octanol–water partition coefficient (Wildman–Crippen LogP) is 2.71. The standard InChI is InChI=1S/C23H34N4O2/c24-20-9-4-10-21-19(20)8-5-13-27(21)16-22(28)25-18-11-14-26(15-12-18)23(29)17-6-2-1-3-7-17/h4,9-10,17-18H,1-3,5-8,11-16,24H2,(H,25,28). The van der Waals surface area contributed by atoms with Crippen LogP contribution in [-0.2, 0) is 16.0 Å². The van der Waals surface area contributed by atoms with Gasteiger partial charge in [0.15, 0.2) is 0 Å². The second kappa shape index (κ2) is 9.06. The third-order valence-electron chi connectivity index (χ3n) is 6.84. The summed E-state index contributed by atoms with van der Waals surface area (Å²) in [6, 6.07) is 6.13. The Kier molecular flexibility index (Phi) is 6.26. The van der Waals surface area contributed by atoms with Gasteiger partial charge in [-0.2, -0.15) is 0 Å². The molecule has 0 atom stereocenters. The topological polar surface area (TPSA) is 78.7 Å². The van der Waals surface area contributed by atoms with Gasteiger partial charge in [0.05, 0.1) is 6.54 Å². The second-order valence-electron chi connectivity index (χ2n) is 8.87. The monoisotopic (exact) mass is 398 g/mol. The second-order valence-corrected chi connectivity index (χ2v) is 8.87. The van der Waals surface area contributed by atoms with Crippen molar-refractivity contribution in [3.05, 3.63) is 23.8 Å². The van der Waals surface area contributed by atoms with E-state index in [2.05, 4.69) is 16.3 Å². The first-order chi connectivity index (χ1) is 14.1. The van der Waals surface area contributed by atoms with Crippen LogP contribution in [0.1, 0.15) is 56.9 Å². The minimum absolute atomic E-state index is 0.0670. The van der Waals surface area contributed by atoms with E-state index in [0.717, 1.165) is 69.5 Å². The summed E-state index contributed by atoms with van der Waals surface area (Å²) in [4.78, 5) is 29.6. The van der Waals surface area contributed by atoms with E-state index in [-0.39, 0.29) is 17.9 Å². The van der Waals surface area contributed by atoms with Gasteiger partial charge >= 0.3 is 0 Å². The number of nitrogens with one attached hydrogen (secondary N) is 1. The molecule has 6 nitrogen and oxygen atoms in total. The van der Waals surface area contributed by atoms with Crippen LogP contribution in [0.15, 0.2) is 18.2 Å². The highest BCUT2D eigenvalue weighted by Crippen LogP contribution is 2.31. The molecule has 0 bridgehead atoms. The van der Waals surface area contributed by atoms with Crippen LogP contribution in [0.3, 0.4) is 0 Å². The molecule has 0 unspecified atom stereocenters. The lowest BCUT2D eigenvalue weighted by Gasteiger charge is -2.36. The summed E-state index contributed by atoms with van der Waals surface area (Å²) in [6.45, 7) is 2.79. The molecule has 2 fully saturated rings. The molecule has 0 radical (unpaired) electrons. The maximum absolute atomic E-state index is 12.7. The fourth-order valence-corrected chi connectivity index (χ4v) is 5.19. The molecule has 0 spiro atoms. The highest BCUT2D eigenvalue weighted by molar-refractivity contribution is 5.83. The van der Waals surface area contributed by atoms with Crippen LogP contribution < -0.4 is 16.0 Å². The first-order valence-electron chi connectivity index (χ1n) is 11.3. The maximum atomic E-state index is 12.7. The molecule has 1 saturated carbocycles. The number of amides is 2. The van der Waals surface area contributed by atoms with Crippen molar-refractivity contribution in [2.24, 2.45) is 5.92 Å². The van der Waals surface area contributed by atoms with Gasteiger partial charge in [-0.1, -0.05) is 25.3 Å². The van der Waals surface area contributed by atoms with Crippen LogP contribution in [0.2, 0.25) is 0 Å². The number of nitrogens with zero attached hydrogens (tertiary/aromatic N) is 2. The van der Waals surface area contributed by atoms with Crippen molar-refractivity contribution in [3.63, 3.8) is 0 Å². The molecule has 2 aliphatic heterocycles. The summed E-state index contributed by atoms with van der Waals surface area (Å²) in [5.74, 6) is 0.649. The molecule has 1 saturated heterocycles. The van der Waals surface area contributed by atoms with Crippen molar-refractivity contribution in [1.82, 2.24) is 10.2 Å². The van der Waals surface area contributed by atoms with Crippen LogP contribution >= 0.6 is 0 Å². The Morgan fingerprint density at radius 2 is 1.76 bits per heavy atom. The van der Waals surface area contributed by atoms with E-state index in [4.69, 9.17) is 5.73 Å². The van der Waals surface area contributed by atoms with Gasteiger partial charge in [0.25, 0.3) is 0 Å². The Bertz CT molecular complexity index is 736. The highest BCUT2D eigenvalue weighted by atomic mass is 16.2. The minimum atomic E-state index is 0.0670. The number of likely N-dealkylation sites (tertiary alicyclic amines) is 1. The van der Waals surface area contributed by atoms with E-state index in [9.17, 15) is 9.59 Å². The fraction of sp³-hybridized carbons (Fsp3) is 0.652. The Hall–Kier alpha value is -2.24. The number of anilines is 2. The smallest absolute Gasteiger partial charge is 0.239 e. The first-order valence-corrected chi connectivity index (χ1v) is 11.3. The van der Waals surface area contributed by atoms with Gasteiger partial charge in [-0.3, -0.25) is 9.59 Å². The first kappa shape index (κ1) is 20.0. The largest absolute Gasteiger partial charge is 0.398 e. The number of carbonyl (C=O) groups is 2. The van der Waals surface area contributed by atoms with Gasteiger partial charge in [-0.05, 0) is 56.2 Å². The summed E-state index contributed by atoms with van der Waals surface area (Å²) >= 11 is 0. The molecule has 1 aromatic rings. The summed E-state index contributed by atoms with van der Waals surface area (Å²) in [7, 11) is 0.